The van der Waals surface area contributed by atoms with Crippen molar-refractivity contribution in [1.82, 2.24) is 0 Å². The third kappa shape index (κ3) is 5.06. The average Bonchev–Trinajstić information content (AvgIpc) is 3.08. The van der Waals surface area contributed by atoms with Gasteiger partial charge in [-0.05, 0) is 66.7 Å². The number of imide groups is 1. The van der Waals surface area contributed by atoms with Gasteiger partial charge in [0.25, 0.3) is 17.7 Å². The zero-order valence-electron chi connectivity index (χ0n) is 18.5. The first kappa shape index (κ1) is 25.2. The van der Waals surface area contributed by atoms with Crippen LogP contribution in [-0.2, 0) is 14.3 Å². The van der Waals surface area contributed by atoms with E-state index in [4.69, 9.17) is 34.8 Å². The average molecular weight is 545 g/mol. The van der Waals surface area contributed by atoms with E-state index in [1.165, 1.54) is 49.6 Å². The Kier molecular flexibility index (Phi) is 7.30. The summed E-state index contributed by atoms with van der Waals surface area (Å²) in [6.07, 6.45) is 0. The van der Waals surface area contributed by atoms with Gasteiger partial charge in [-0.1, -0.05) is 34.8 Å². The van der Waals surface area contributed by atoms with Gasteiger partial charge in [0.1, 0.15) is 10.7 Å². The van der Waals surface area contributed by atoms with Gasteiger partial charge in [0, 0.05) is 22.0 Å². The standard InChI is InChI=1S/C25H16Cl3N3O5/c1-36-25(35)14-4-9-17(10-5-14)30-22(32)13-2-7-16(8-3-13)29-21-20(28)23(33)31(24(21)34)19-12-15(26)6-11-18(19)27/h2-12,29H,1H3,(H,30,32). The van der Waals surface area contributed by atoms with Crippen molar-refractivity contribution in [2.45, 2.75) is 0 Å². The van der Waals surface area contributed by atoms with Crippen molar-refractivity contribution in [3.05, 3.63) is 98.6 Å². The molecule has 0 spiro atoms. The minimum Gasteiger partial charge on any atom is -0.465 e. The van der Waals surface area contributed by atoms with E-state index in [9.17, 15) is 19.2 Å². The number of nitrogens with one attached hydrogen (secondary N) is 2. The summed E-state index contributed by atoms with van der Waals surface area (Å²) in [7, 11) is 1.28. The SMILES string of the molecule is COC(=O)c1ccc(NC(=O)c2ccc(NC3=C(Cl)C(=O)N(c4cc(Cl)ccc4Cl)C3=O)cc2)cc1. The fourth-order valence-corrected chi connectivity index (χ4v) is 3.93. The molecule has 1 aliphatic rings. The molecule has 8 nitrogen and oxygen atoms in total. The van der Waals surface area contributed by atoms with E-state index in [1.807, 2.05) is 0 Å². The van der Waals surface area contributed by atoms with E-state index in [0.29, 0.717) is 27.5 Å². The van der Waals surface area contributed by atoms with Crippen LogP contribution in [0.15, 0.2) is 77.5 Å². The van der Waals surface area contributed by atoms with Gasteiger partial charge >= 0.3 is 5.97 Å². The maximum absolute atomic E-state index is 13.0. The van der Waals surface area contributed by atoms with Crippen molar-refractivity contribution < 1.29 is 23.9 Å². The second kappa shape index (κ2) is 10.4. The number of methoxy groups -OCH3 is 1. The molecule has 0 saturated heterocycles. The quantitative estimate of drug-likeness (QED) is 0.315. The maximum atomic E-state index is 13.0. The lowest BCUT2D eigenvalue weighted by atomic mass is 10.1. The fraction of sp³-hybridized carbons (Fsp3) is 0.0400. The number of esters is 1. The molecule has 0 bridgehead atoms. The number of benzene rings is 3. The van der Waals surface area contributed by atoms with Gasteiger partial charge in [-0.25, -0.2) is 9.69 Å². The first-order valence-electron chi connectivity index (χ1n) is 10.3. The number of carbonyl (C=O) groups is 4. The molecule has 0 fully saturated rings. The normalized spacial score (nSPS) is 13.2. The predicted molar refractivity (Wildman–Crippen MR) is 138 cm³/mol. The van der Waals surface area contributed by atoms with Crippen molar-refractivity contribution in [2.75, 3.05) is 22.6 Å². The summed E-state index contributed by atoms with van der Waals surface area (Å²) in [5.74, 6) is -2.32. The van der Waals surface area contributed by atoms with Crippen molar-refractivity contribution in [3.63, 3.8) is 0 Å². The van der Waals surface area contributed by atoms with Gasteiger partial charge in [-0.3, -0.25) is 14.4 Å². The minimum absolute atomic E-state index is 0.112. The van der Waals surface area contributed by atoms with Crippen LogP contribution in [0.1, 0.15) is 20.7 Å². The Morgan fingerprint density at radius 1 is 0.806 bits per heavy atom. The summed E-state index contributed by atoms with van der Waals surface area (Å²) in [6.45, 7) is 0. The highest BCUT2D eigenvalue weighted by molar-refractivity contribution is 6.54. The molecule has 0 saturated carbocycles. The predicted octanol–water partition coefficient (Wildman–Crippen LogP) is 5.47. The van der Waals surface area contributed by atoms with Crippen LogP contribution in [0.4, 0.5) is 17.1 Å². The highest BCUT2D eigenvalue weighted by Gasteiger charge is 2.40. The molecule has 3 aromatic carbocycles. The van der Waals surface area contributed by atoms with Crippen LogP contribution in [0, 0.1) is 0 Å². The summed E-state index contributed by atoms with van der Waals surface area (Å²) in [5.41, 5.74) is 1.57. The number of hydrogen-bond donors (Lipinski definition) is 2. The van der Waals surface area contributed by atoms with E-state index in [-0.39, 0.29) is 21.4 Å². The molecule has 1 aliphatic heterocycles. The summed E-state index contributed by atoms with van der Waals surface area (Å²) in [6, 6.07) is 16.8. The van der Waals surface area contributed by atoms with E-state index >= 15 is 0 Å². The minimum atomic E-state index is -0.748. The molecule has 0 aliphatic carbocycles. The van der Waals surface area contributed by atoms with Gasteiger partial charge in [0.2, 0.25) is 0 Å². The molecule has 182 valence electrons. The van der Waals surface area contributed by atoms with Gasteiger partial charge in [-0.2, -0.15) is 0 Å². The maximum Gasteiger partial charge on any atom is 0.337 e. The summed E-state index contributed by atoms with van der Waals surface area (Å²) < 4.78 is 4.65. The Bertz CT molecular complexity index is 1420. The molecular formula is C25H16Cl3N3O5. The molecular weight excluding hydrogens is 529 g/mol. The number of carbonyl (C=O) groups excluding carboxylic acids is 4. The smallest absolute Gasteiger partial charge is 0.337 e. The summed E-state index contributed by atoms with van der Waals surface area (Å²) in [5, 5.41) is 5.68. The molecule has 0 radical (unpaired) electrons. The van der Waals surface area contributed by atoms with Crippen LogP contribution in [0.2, 0.25) is 10.0 Å². The second-order valence-electron chi connectivity index (χ2n) is 7.46. The zero-order chi connectivity index (χ0) is 26.0. The van der Waals surface area contributed by atoms with E-state index in [0.717, 1.165) is 4.90 Å². The second-order valence-corrected chi connectivity index (χ2v) is 8.68. The number of amides is 3. The fourth-order valence-electron chi connectivity index (χ4n) is 3.35. The van der Waals surface area contributed by atoms with Crippen molar-refractivity contribution >= 4 is 75.6 Å². The van der Waals surface area contributed by atoms with Crippen LogP contribution < -0.4 is 15.5 Å². The third-order valence-electron chi connectivity index (χ3n) is 5.16. The van der Waals surface area contributed by atoms with Crippen LogP contribution in [0.3, 0.4) is 0 Å². The highest BCUT2D eigenvalue weighted by atomic mass is 35.5. The Morgan fingerprint density at radius 2 is 1.42 bits per heavy atom. The van der Waals surface area contributed by atoms with Crippen molar-refractivity contribution in [2.24, 2.45) is 0 Å². The number of nitrogens with zero attached hydrogens (tertiary/aromatic N) is 1. The molecule has 0 aromatic heterocycles. The first-order valence-corrected chi connectivity index (χ1v) is 11.4. The number of ether oxygens (including phenoxy) is 1. The highest BCUT2D eigenvalue weighted by Crippen LogP contribution is 2.35. The Hall–Kier alpha value is -3.85. The van der Waals surface area contributed by atoms with E-state index in [1.54, 1.807) is 24.3 Å². The van der Waals surface area contributed by atoms with Gasteiger partial charge in [0.05, 0.1) is 23.4 Å². The lowest BCUT2D eigenvalue weighted by Crippen LogP contribution is -2.32. The first-order chi connectivity index (χ1) is 17.2. The lowest BCUT2D eigenvalue weighted by Gasteiger charge is -2.17. The van der Waals surface area contributed by atoms with E-state index < -0.39 is 23.7 Å². The summed E-state index contributed by atoms with van der Waals surface area (Å²) in [4.78, 5) is 50.6. The molecule has 3 aromatic rings. The van der Waals surface area contributed by atoms with Gasteiger partial charge < -0.3 is 15.4 Å². The monoisotopic (exact) mass is 543 g/mol. The molecule has 1 heterocycles. The zero-order valence-corrected chi connectivity index (χ0v) is 20.7. The Labute approximate surface area is 220 Å². The lowest BCUT2D eigenvalue weighted by molar-refractivity contribution is -0.120. The molecule has 4 rings (SSSR count). The van der Waals surface area contributed by atoms with Crippen LogP contribution in [0.25, 0.3) is 0 Å². The molecule has 0 atom stereocenters. The summed E-state index contributed by atoms with van der Waals surface area (Å²) >= 11 is 18.3. The van der Waals surface area contributed by atoms with Gasteiger partial charge in [-0.15, -0.1) is 0 Å². The van der Waals surface area contributed by atoms with E-state index in [2.05, 4.69) is 15.4 Å². The molecule has 0 unspecified atom stereocenters. The van der Waals surface area contributed by atoms with Crippen LogP contribution in [0.5, 0.6) is 0 Å². The Morgan fingerprint density at radius 3 is 2.06 bits per heavy atom. The number of hydrogen-bond acceptors (Lipinski definition) is 6. The molecule has 2 N–H and O–H groups in total. The van der Waals surface area contributed by atoms with Crippen molar-refractivity contribution in [1.29, 1.82) is 0 Å². The topological polar surface area (TPSA) is 105 Å². The van der Waals surface area contributed by atoms with Crippen LogP contribution in [-0.4, -0.2) is 30.8 Å². The molecule has 3 amide bonds. The number of halogens is 3. The van der Waals surface area contributed by atoms with Gasteiger partial charge in [0.15, 0.2) is 0 Å². The number of anilines is 3. The number of rotatable bonds is 6. The van der Waals surface area contributed by atoms with Crippen molar-refractivity contribution in [3.8, 4) is 0 Å². The Balaban J connectivity index is 1.46. The third-order valence-corrected chi connectivity index (χ3v) is 6.06. The van der Waals surface area contributed by atoms with Crippen LogP contribution >= 0.6 is 34.8 Å². The molecule has 36 heavy (non-hydrogen) atoms. The largest absolute Gasteiger partial charge is 0.465 e. The molecule has 11 heteroatoms.